The topological polar surface area (TPSA) is 168 Å². The van der Waals surface area contributed by atoms with Gasteiger partial charge in [-0.25, -0.2) is 9.59 Å². The highest BCUT2D eigenvalue weighted by Gasteiger charge is 2.62. The predicted molar refractivity (Wildman–Crippen MR) is 133 cm³/mol. The standard InChI is InChI=1S/C26H25N3O10/c1-15(39-25(32)38-14-17-6-10-19(11-7-17)29(35)36)21-22-26(2,3)12-20(27(22)23(21)30)24(31)37-13-16-4-8-18(9-5-16)28(33)34/h4-12,15,21-22H,13-14H2,1-3H3. The van der Waals surface area contributed by atoms with Crippen molar-refractivity contribution in [3.8, 4) is 0 Å². The molecule has 0 bridgehead atoms. The minimum absolute atomic E-state index is 0.0844. The lowest BCUT2D eigenvalue weighted by Crippen LogP contribution is -2.66. The summed E-state index contributed by atoms with van der Waals surface area (Å²) in [6, 6.07) is 10.6. The van der Waals surface area contributed by atoms with E-state index in [4.69, 9.17) is 14.2 Å². The molecule has 39 heavy (non-hydrogen) atoms. The molecule has 2 aliphatic rings. The zero-order chi connectivity index (χ0) is 28.5. The number of carbonyl (C=O) groups is 3. The van der Waals surface area contributed by atoms with Gasteiger partial charge in [0.05, 0.1) is 21.8 Å². The first kappa shape index (κ1) is 27.2. The van der Waals surface area contributed by atoms with Crippen LogP contribution in [0.1, 0.15) is 31.9 Å². The zero-order valence-electron chi connectivity index (χ0n) is 21.3. The van der Waals surface area contributed by atoms with Crippen LogP contribution in [0.3, 0.4) is 0 Å². The van der Waals surface area contributed by atoms with E-state index in [1.54, 1.807) is 13.0 Å². The predicted octanol–water partition coefficient (Wildman–Crippen LogP) is 4.04. The molecule has 1 amide bonds. The van der Waals surface area contributed by atoms with E-state index in [0.717, 1.165) is 0 Å². The minimum atomic E-state index is -1.00. The third kappa shape index (κ3) is 5.56. The Morgan fingerprint density at radius 1 is 0.923 bits per heavy atom. The van der Waals surface area contributed by atoms with E-state index in [-0.39, 0.29) is 30.3 Å². The number of nitro groups is 2. The molecule has 3 unspecified atom stereocenters. The van der Waals surface area contributed by atoms with Gasteiger partial charge in [0.25, 0.3) is 11.4 Å². The van der Waals surface area contributed by atoms with Crippen molar-refractivity contribution >= 4 is 29.4 Å². The number of benzene rings is 2. The maximum atomic E-state index is 13.0. The molecule has 2 aromatic carbocycles. The van der Waals surface area contributed by atoms with Crippen LogP contribution in [-0.4, -0.2) is 44.9 Å². The molecule has 2 aliphatic heterocycles. The molecule has 3 atom stereocenters. The van der Waals surface area contributed by atoms with Crippen molar-refractivity contribution in [2.45, 2.75) is 46.1 Å². The Hall–Kier alpha value is -4.81. The van der Waals surface area contributed by atoms with E-state index in [1.807, 2.05) is 13.8 Å². The molecular weight excluding hydrogens is 514 g/mol. The first-order valence-corrected chi connectivity index (χ1v) is 11.9. The van der Waals surface area contributed by atoms with E-state index in [0.29, 0.717) is 11.1 Å². The summed E-state index contributed by atoms with van der Waals surface area (Å²) >= 11 is 0. The van der Waals surface area contributed by atoms with Crippen molar-refractivity contribution in [1.29, 1.82) is 0 Å². The number of nitro benzene ring substituents is 2. The molecule has 204 valence electrons. The Kier molecular flexibility index (Phi) is 7.34. The van der Waals surface area contributed by atoms with Crippen LogP contribution in [0, 0.1) is 31.6 Å². The molecule has 0 radical (unpaired) electrons. The van der Waals surface area contributed by atoms with Gasteiger partial charge in [0.15, 0.2) is 0 Å². The highest BCUT2D eigenvalue weighted by atomic mass is 16.7. The fraction of sp³-hybridized carbons (Fsp3) is 0.346. The van der Waals surface area contributed by atoms with Crippen molar-refractivity contribution in [3.63, 3.8) is 0 Å². The quantitative estimate of drug-likeness (QED) is 0.196. The minimum Gasteiger partial charge on any atom is -0.456 e. The molecular formula is C26H25N3O10. The monoisotopic (exact) mass is 539 g/mol. The first-order valence-electron chi connectivity index (χ1n) is 11.9. The van der Waals surface area contributed by atoms with Crippen molar-refractivity contribution in [3.05, 3.63) is 91.7 Å². The second kappa shape index (κ2) is 10.5. The number of amides is 1. The van der Waals surface area contributed by atoms with Gasteiger partial charge in [-0.2, -0.15) is 0 Å². The molecule has 4 rings (SSSR count). The Balaban J connectivity index is 1.32. The van der Waals surface area contributed by atoms with Crippen molar-refractivity contribution in [2.75, 3.05) is 0 Å². The van der Waals surface area contributed by atoms with E-state index in [1.165, 1.54) is 53.4 Å². The summed E-state index contributed by atoms with van der Waals surface area (Å²) in [6.45, 7) is 4.95. The summed E-state index contributed by atoms with van der Waals surface area (Å²) in [5.41, 5.74) is 0.351. The van der Waals surface area contributed by atoms with Crippen LogP contribution in [-0.2, 0) is 37.0 Å². The second-order valence-electron chi connectivity index (χ2n) is 9.81. The van der Waals surface area contributed by atoms with Crippen LogP contribution in [0.2, 0.25) is 0 Å². The lowest BCUT2D eigenvalue weighted by Gasteiger charge is -2.50. The van der Waals surface area contributed by atoms with Crippen molar-refractivity contribution < 1.29 is 38.4 Å². The fourth-order valence-electron chi connectivity index (χ4n) is 4.75. The Bertz CT molecular complexity index is 1350. The van der Waals surface area contributed by atoms with Crippen LogP contribution in [0.15, 0.2) is 60.3 Å². The van der Waals surface area contributed by atoms with Gasteiger partial charge in [-0.05, 0) is 48.4 Å². The van der Waals surface area contributed by atoms with Crippen molar-refractivity contribution in [2.24, 2.45) is 11.3 Å². The highest BCUT2D eigenvalue weighted by molar-refractivity contribution is 6.00. The molecule has 13 heteroatoms. The number of ether oxygens (including phenoxy) is 3. The van der Waals surface area contributed by atoms with E-state index < -0.39 is 51.4 Å². The number of fused-ring (bicyclic) bond motifs is 1. The summed E-state index contributed by atoms with van der Waals surface area (Å²) in [5.74, 6) is -1.84. The van der Waals surface area contributed by atoms with Crippen LogP contribution in [0.25, 0.3) is 0 Å². The number of carbonyl (C=O) groups excluding carboxylic acids is 3. The number of non-ortho nitro benzene ring substituents is 2. The Morgan fingerprint density at radius 2 is 1.41 bits per heavy atom. The van der Waals surface area contributed by atoms with Crippen LogP contribution in [0.5, 0.6) is 0 Å². The van der Waals surface area contributed by atoms with E-state index >= 15 is 0 Å². The number of rotatable bonds is 9. The van der Waals surface area contributed by atoms with E-state index in [9.17, 15) is 34.6 Å². The summed E-state index contributed by atoms with van der Waals surface area (Å²) in [6.07, 6.45) is -0.210. The number of nitrogens with zero attached hydrogens (tertiary/aromatic N) is 3. The molecule has 13 nitrogen and oxygen atoms in total. The largest absolute Gasteiger partial charge is 0.508 e. The average Bonchev–Trinajstić information content (AvgIpc) is 3.13. The van der Waals surface area contributed by atoms with Crippen LogP contribution in [0.4, 0.5) is 16.2 Å². The lowest BCUT2D eigenvalue weighted by molar-refractivity contribution is -0.385. The summed E-state index contributed by atoms with van der Waals surface area (Å²) in [5, 5.41) is 21.5. The van der Waals surface area contributed by atoms with Gasteiger partial charge in [-0.3, -0.25) is 25.0 Å². The summed E-state index contributed by atoms with van der Waals surface area (Å²) in [4.78, 5) is 59.9. The number of esters is 1. The molecule has 0 aromatic heterocycles. The van der Waals surface area contributed by atoms with Gasteiger partial charge in [-0.15, -0.1) is 0 Å². The maximum Gasteiger partial charge on any atom is 0.508 e. The second-order valence-corrected chi connectivity index (χ2v) is 9.81. The van der Waals surface area contributed by atoms with Gasteiger partial charge in [0.2, 0.25) is 5.91 Å². The van der Waals surface area contributed by atoms with Crippen molar-refractivity contribution in [1.82, 2.24) is 4.90 Å². The number of β-lactam (4-membered cyclic amide) rings is 1. The average molecular weight is 539 g/mol. The van der Waals surface area contributed by atoms with Gasteiger partial charge in [0.1, 0.15) is 25.0 Å². The molecule has 2 heterocycles. The molecule has 1 saturated heterocycles. The molecule has 0 aliphatic carbocycles. The van der Waals surface area contributed by atoms with Gasteiger partial charge >= 0.3 is 12.1 Å². The molecule has 1 fully saturated rings. The van der Waals surface area contributed by atoms with E-state index in [2.05, 4.69) is 0 Å². The van der Waals surface area contributed by atoms with Gasteiger partial charge in [-0.1, -0.05) is 13.8 Å². The number of hydrogen-bond donors (Lipinski definition) is 0. The number of hydrogen-bond acceptors (Lipinski definition) is 10. The Labute approximate surface area is 222 Å². The Morgan fingerprint density at radius 3 is 1.90 bits per heavy atom. The molecule has 0 saturated carbocycles. The summed E-state index contributed by atoms with van der Waals surface area (Å²) < 4.78 is 15.8. The lowest BCUT2D eigenvalue weighted by atomic mass is 9.71. The fourth-order valence-corrected chi connectivity index (χ4v) is 4.75. The van der Waals surface area contributed by atoms with Crippen LogP contribution >= 0.6 is 0 Å². The first-order chi connectivity index (χ1) is 18.4. The zero-order valence-corrected chi connectivity index (χ0v) is 21.3. The molecule has 2 aromatic rings. The van der Waals surface area contributed by atoms with Crippen LogP contribution < -0.4 is 0 Å². The third-order valence-electron chi connectivity index (χ3n) is 6.69. The molecule has 0 spiro atoms. The molecule has 0 N–H and O–H groups in total. The van der Waals surface area contributed by atoms with Gasteiger partial charge < -0.3 is 19.1 Å². The normalized spacial score (nSPS) is 19.7. The third-order valence-corrected chi connectivity index (χ3v) is 6.69. The summed E-state index contributed by atoms with van der Waals surface area (Å²) in [7, 11) is 0. The maximum absolute atomic E-state index is 13.0. The highest BCUT2D eigenvalue weighted by Crippen LogP contribution is 2.50. The SMILES string of the molecule is CC(OC(=O)OCc1ccc([N+](=O)[O-])cc1)C1C(=O)N2C(C(=O)OCc3ccc([N+](=O)[O-])cc3)=CC(C)(C)C12. The smallest absolute Gasteiger partial charge is 0.456 e. The van der Waals surface area contributed by atoms with Gasteiger partial charge in [0, 0.05) is 29.7 Å².